The maximum absolute atomic E-state index is 3.52. The second-order valence-electron chi connectivity index (χ2n) is 7.02. The van der Waals surface area contributed by atoms with Crippen LogP contribution in [0.1, 0.15) is 23.1 Å². The summed E-state index contributed by atoms with van der Waals surface area (Å²) in [5, 5.41) is 8.30. The molecule has 154 valence electrons. The van der Waals surface area contributed by atoms with Crippen molar-refractivity contribution < 1.29 is 26.2 Å². The smallest absolute Gasteiger partial charge is 0.668 e. The van der Waals surface area contributed by atoms with E-state index in [0.29, 0.717) is 0 Å². The van der Waals surface area contributed by atoms with Crippen LogP contribution in [-0.2, 0) is 39.7 Å². The standard InChI is InChI=1S/C17H14N.C5H5.2C2H6N.Zr/c1-11-7-8-16-14(9-11)15-10-12-5-3-4-6-13(12)17(15)18(16)2;1-2-4-5-3-1;2*1-3-2;/h3-8H,10H2,1-2H3;1-3H,4H2;2*1-2H3;/q4*-1;+4. The Kier molecular flexibility index (Phi) is 11.9. The summed E-state index contributed by atoms with van der Waals surface area (Å²) >= 11 is 0. The third-order valence-corrected chi connectivity index (χ3v) is 4.58. The van der Waals surface area contributed by atoms with E-state index in [2.05, 4.69) is 83.8 Å². The van der Waals surface area contributed by atoms with Crippen molar-refractivity contribution in [3.63, 3.8) is 0 Å². The van der Waals surface area contributed by atoms with Crippen LogP contribution in [0, 0.1) is 19.1 Å². The molecule has 3 nitrogen and oxygen atoms in total. The first-order chi connectivity index (χ1) is 14.1. The number of allylic oxidation sites excluding steroid dienone is 4. The fourth-order valence-corrected chi connectivity index (χ4v) is 3.49. The molecule has 0 amide bonds. The molecule has 4 heteroatoms. The third kappa shape index (κ3) is 6.38. The summed E-state index contributed by atoms with van der Waals surface area (Å²) in [5.41, 5.74) is 8.15. The van der Waals surface area contributed by atoms with Gasteiger partial charge in [-0.15, -0.1) is 35.6 Å². The monoisotopic (exact) mass is 475 g/mol. The van der Waals surface area contributed by atoms with Crippen LogP contribution in [0.15, 0.2) is 54.6 Å². The van der Waals surface area contributed by atoms with Crippen LogP contribution in [-0.4, -0.2) is 32.8 Å². The van der Waals surface area contributed by atoms with E-state index in [0.717, 1.165) is 12.8 Å². The largest absolute Gasteiger partial charge is 4.00 e. The topological polar surface area (TPSA) is 33.1 Å². The average Bonchev–Trinajstić information content (AvgIpc) is 3.44. The van der Waals surface area contributed by atoms with Gasteiger partial charge in [-0.1, -0.05) is 36.8 Å². The molecular formula is C26H31N3Zr. The normalized spacial score (nSPS) is 11.8. The zero-order valence-electron chi connectivity index (χ0n) is 19.0. The van der Waals surface area contributed by atoms with E-state index in [9.17, 15) is 0 Å². The maximum atomic E-state index is 3.52. The van der Waals surface area contributed by atoms with Gasteiger partial charge in [-0.25, -0.2) is 12.2 Å². The molecule has 0 radical (unpaired) electrons. The first kappa shape index (κ1) is 26.3. The molecule has 0 saturated carbocycles. The van der Waals surface area contributed by atoms with Crippen molar-refractivity contribution in [3.05, 3.63) is 94.1 Å². The number of aryl methyl sites for hydroxylation is 2. The van der Waals surface area contributed by atoms with E-state index in [1.807, 2.05) is 12.2 Å². The predicted molar refractivity (Wildman–Crippen MR) is 127 cm³/mol. The predicted octanol–water partition coefficient (Wildman–Crippen LogP) is 6.40. The molecular weight excluding hydrogens is 446 g/mol. The quantitative estimate of drug-likeness (QED) is 0.263. The summed E-state index contributed by atoms with van der Waals surface area (Å²) in [7, 11) is 9.16. The van der Waals surface area contributed by atoms with Crippen molar-refractivity contribution in [1.29, 1.82) is 0 Å². The van der Waals surface area contributed by atoms with Gasteiger partial charge >= 0.3 is 26.2 Å². The SMILES string of the molecule is C[N-]C.C[N-]C.Cc1[c-]c2c3c(n(C)c2cc1)-c1ccccc1C3.[C-]1=CC=CC1.[Zr+4]. The Morgan fingerprint density at radius 3 is 2.20 bits per heavy atom. The van der Waals surface area contributed by atoms with E-state index in [-0.39, 0.29) is 26.2 Å². The third-order valence-electron chi connectivity index (χ3n) is 4.58. The van der Waals surface area contributed by atoms with Gasteiger partial charge in [-0.2, -0.15) is 34.3 Å². The number of hydrogen-bond acceptors (Lipinski definition) is 0. The van der Waals surface area contributed by atoms with Crippen molar-refractivity contribution in [2.45, 2.75) is 19.8 Å². The second kappa shape index (κ2) is 13.5. The van der Waals surface area contributed by atoms with Gasteiger partial charge < -0.3 is 15.2 Å². The first-order valence-electron chi connectivity index (χ1n) is 9.85. The van der Waals surface area contributed by atoms with Crippen LogP contribution in [0.2, 0.25) is 0 Å². The van der Waals surface area contributed by atoms with Gasteiger partial charge in [-0.3, -0.25) is 6.08 Å². The van der Waals surface area contributed by atoms with Gasteiger partial charge in [0, 0.05) is 12.7 Å². The van der Waals surface area contributed by atoms with Gasteiger partial charge in [0.25, 0.3) is 0 Å². The Labute approximate surface area is 201 Å². The van der Waals surface area contributed by atoms with Gasteiger partial charge in [0.2, 0.25) is 0 Å². The van der Waals surface area contributed by atoms with E-state index < -0.39 is 0 Å². The summed E-state index contributed by atoms with van der Waals surface area (Å²) in [6.45, 7) is 2.11. The zero-order valence-corrected chi connectivity index (χ0v) is 21.4. The minimum atomic E-state index is 0. The van der Waals surface area contributed by atoms with Crippen molar-refractivity contribution in [3.8, 4) is 11.3 Å². The molecule has 0 bridgehead atoms. The molecule has 1 heterocycles. The number of fused-ring (bicyclic) bond motifs is 5. The van der Waals surface area contributed by atoms with Crippen molar-refractivity contribution >= 4 is 10.9 Å². The van der Waals surface area contributed by atoms with Crippen LogP contribution in [0.25, 0.3) is 32.8 Å². The fourth-order valence-electron chi connectivity index (χ4n) is 3.49. The summed E-state index contributed by atoms with van der Waals surface area (Å²) < 4.78 is 2.31. The van der Waals surface area contributed by atoms with Gasteiger partial charge in [0.05, 0.1) is 0 Å². The average molecular weight is 477 g/mol. The second-order valence-corrected chi connectivity index (χ2v) is 7.02. The van der Waals surface area contributed by atoms with Crippen LogP contribution in [0.3, 0.4) is 0 Å². The molecule has 0 spiro atoms. The molecule has 0 N–H and O–H groups in total. The zero-order chi connectivity index (χ0) is 21.2. The number of nitrogens with zero attached hydrogens (tertiary/aromatic N) is 3. The van der Waals surface area contributed by atoms with Gasteiger partial charge in [-0.05, 0) is 23.1 Å². The Morgan fingerprint density at radius 1 is 0.967 bits per heavy atom. The Bertz CT molecular complexity index is 971. The molecule has 0 atom stereocenters. The molecule has 0 aliphatic heterocycles. The summed E-state index contributed by atoms with van der Waals surface area (Å²) in [5.74, 6) is 0. The molecule has 0 saturated heterocycles. The Balaban J connectivity index is 0.000000315. The summed E-state index contributed by atoms with van der Waals surface area (Å²) in [6.07, 6.45) is 11.0. The fraction of sp³-hybridized carbons (Fsp3) is 0.308. The summed E-state index contributed by atoms with van der Waals surface area (Å²) in [6, 6.07) is 16.6. The number of hydrogen-bond donors (Lipinski definition) is 0. The molecule has 1 aromatic heterocycles. The van der Waals surface area contributed by atoms with E-state index in [4.69, 9.17) is 0 Å². The van der Waals surface area contributed by atoms with Crippen LogP contribution in [0.5, 0.6) is 0 Å². The van der Waals surface area contributed by atoms with E-state index >= 15 is 0 Å². The molecule has 2 aromatic carbocycles. The number of benzene rings is 2. The van der Waals surface area contributed by atoms with Crippen molar-refractivity contribution in [2.24, 2.45) is 7.05 Å². The van der Waals surface area contributed by atoms with Crippen LogP contribution < -0.4 is 0 Å². The molecule has 2 aliphatic carbocycles. The van der Waals surface area contributed by atoms with Crippen molar-refractivity contribution in [2.75, 3.05) is 28.2 Å². The van der Waals surface area contributed by atoms with E-state index in [1.165, 1.54) is 38.9 Å². The van der Waals surface area contributed by atoms with E-state index in [1.54, 1.807) is 28.2 Å². The summed E-state index contributed by atoms with van der Waals surface area (Å²) in [4.78, 5) is 0. The molecule has 3 aromatic rings. The molecule has 0 unspecified atom stereocenters. The van der Waals surface area contributed by atoms with Crippen LogP contribution in [0.4, 0.5) is 0 Å². The molecule has 30 heavy (non-hydrogen) atoms. The Morgan fingerprint density at radius 2 is 1.63 bits per heavy atom. The molecule has 5 rings (SSSR count). The Hall–Kier alpha value is -1.74. The minimum Gasteiger partial charge on any atom is -0.668 e. The maximum Gasteiger partial charge on any atom is 4.00 e. The number of aromatic nitrogens is 1. The van der Waals surface area contributed by atoms with Gasteiger partial charge in [0.1, 0.15) is 0 Å². The van der Waals surface area contributed by atoms with Crippen molar-refractivity contribution in [1.82, 2.24) is 4.57 Å². The van der Waals surface area contributed by atoms with Gasteiger partial charge in [0.15, 0.2) is 0 Å². The molecule has 0 fully saturated rings. The minimum absolute atomic E-state index is 0. The molecule has 2 aliphatic rings. The first-order valence-corrected chi connectivity index (χ1v) is 9.85. The number of rotatable bonds is 0. The van der Waals surface area contributed by atoms with Crippen LogP contribution >= 0.6 is 0 Å².